The van der Waals surface area contributed by atoms with E-state index in [2.05, 4.69) is 9.97 Å². The third-order valence-electron chi connectivity index (χ3n) is 3.75. The van der Waals surface area contributed by atoms with Gasteiger partial charge in [-0.25, -0.2) is 4.98 Å². The van der Waals surface area contributed by atoms with Crippen LogP contribution in [0.3, 0.4) is 0 Å². The first kappa shape index (κ1) is 17.0. The topological polar surface area (TPSA) is 105 Å². The van der Waals surface area contributed by atoms with Crippen LogP contribution < -0.4 is 19.9 Å². The summed E-state index contributed by atoms with van der Waals surface area (Å²) in [5.74, 6) is 1.58. The second-order valence-electron chi connectivity index (χ2n) is 5.25. The first-order valence-electron chi connectivity index (χ1n) is 7.28. The summed E-state index contributed by atoms with van der Waals surface area (Å²) in [6.45, 7) is 0.376. The van der Waals surface area contributed by atoms with Crippen molar-refractivity contribution in [3.8, 4) is 23.0 Å². The molecule has 0 bridgehead atoms. The number of halogens is 1. The Morgan fingerprint density at radius 3 is 2.32 bits per heavy atom. The smallest absolute Gasteiger partial charge is 0.223 e. The molecule has 0 unspecified atom stereocenters. The maximum Gasteiger partial charge on any atom is 0.223 e. The largest absolute Gasteiger partial charge is 0.506 e. The van der Waals surface area contributed by atoms with Gasteiger partial charge >= 0.3 is 0 Å². The zero-order valence-electron chi connectivity index (χ0n) is 13.9. The molecule has 0 aliphatic heterocycles. The minimum atomic E-state index is -0.0209. The van der Waals surface area contributed by atoms with Crippen LogP contribution in [0.2, 0.25) is 5.15 Å². The summed E-state index contributed by atoms with van der Waals surface area (Å²) in [6.07, 6.45) is 1.52. The van der Waals surface area contributed by atoms with Crippen molar-refractivity contribution in [1.29, 1.82) is 0 Å². The lowest BCUT2D eigenvalue weighted by Crippen LogP contribution is -2.04. The van der Waals surface area contributed by atoms with Crippen molar-refractivity contribution in [2.24, 2.45) is 0 Å². The summed E-state index contributed by atoms with van der Waals surface area (Å²) in [4.78, 5) is 8.03. The molecule has 3 aromatic rings. The minimum absolute atomic E-state index is 0.0209. The van der Waals surface area contributed by atoms with Gasteiger partial charge in [0.05, 0.1) is 26.7 Å². The number of fused-ring (bicyclic) bond motifs is 1. The van der Waals surface area contributed by atoms with Gasteiger partial charge in [-0.05, 0) is 17.7 Å². The minimum Gasteiger partial charge on any atom is -0.506 e. The van der Waals surface area contributed by atoms with Gasteiger partial charge in [0, 0.05) is 12.7 Å². The Morgan fingerprint density at radius 1 is 1.12 bits per heavy atom. The molecule has 0 aliphatic rings. The molecule has 0 saturated heterocycles. The fourth-order valence-electron chi connectivity index (χ4n) is 2.68. The highest BCUT2D eigenvalue weighted by molar-refractivity contribution is 6.34. The predicted molar refractivity (Wildman–Crippen MR) is 93.8 cm³/mol. The van der Waals surface area contributed by atoms with E-state index in [4.69, 9.17) is 31.5 Å². The summed E-state index contributed by atoms with van der Waals surface area (Å²) in [5.41, 5.74) is 6.95. The van der Waals surface area contributed by atoms with Crippen molar-refractivity contribution < 1.29 is 19.3 Å². The molecule has 3 rings (SSSR count). The van der Waals surface area contributed by atoms with Gasteiger partial charge in [-0.2, -0.15) is 4.98 Å². The number of nitrogens with two attached hydrogens (primary N) is 1. The van der Waals surface area contributed by atoms with E-state index in [0.29, 0.717) is 34.8 Å². The molecule has 0 atom stereocenters. The molecular formula is C16H17ClN4O4. The van der Waals surface area contributed by atoms with Crippen LogP contribution in [0.4, 0.5) is 5.95 Å². The quantitative estimate of drug-likeness (QED) is 0.670. The summed E-state index contributed by atoms with van der Waals surface area (Å²) in [6, 6.07) is 3.63. The number of hydrogen-bond donors (Lipinski definition) is 2. The molecule has 25 heavy (non-hydrogen) atoms. The van der Waals surface area contributed by atoms with Crippen LogP contribution in [0.5, 0.6) is 23.0 Å². The van der Waals surface area contributed by atoms with E-state index in [-0.39, 0.29) is 16.9 Å². The standard InChI is InChI=1S/C16H17ClN4O4/c1-23-10-4-8(5-11(24-2)13(10)25-3)6-21-7-9(22)12-14(17)19-16(18)20-15(12)21/h4-5,7,22H,6H2,1-3H3,(H2,18,19,20). The molecule has 0 fully saturated rings. The average molecular weight is 365 g/mol. The van der Waals surface area contributed by atoms with E-state index >= 15 is 0 Å². The second kappa shape index (κ2) is 6.56. The van der Waals surface area contributed by atoms with E-state index in [1.165, 1.54) is 6.20 Å². The van der Waals surface area contributed by atoms with Crippen molar-refractivity contribution >= 4 is 28.6 Å². The van der Waals surface area contributed by atoms with Crippen molar-refractivity contribution in [3.05, 3.63) is 29.0 Å². The fourth-order valence-corrected chi connectivity index (χ4v) is 2.95. The zero-order valence-corrected chi connectivity index (χ0v) is 14.7. The Balaban J connectivity index is 2.10. The number of benzene rings is 1. The van der Waals surface area contributed by atoms with Crippen LogP contribution >= 0.6 is 11.6 Å². The highest BCUT2D eigenvalue weighted by Crippen LogP contribution is 2.39. The highest BCUT2D eigenvalue weighted by Gasteiger charge is 2.17. The van der Waals surface area contributed by atoms with Crippen molar-refractivity contribution in [2.45, 2.75) is 6.54 Å². The number of hydrogen-bond acceptors (Lipinski definition) is 7. The van der Waals surface area contributed by atoms with Gasteiger partial charge in [-0.15, -0.1) is 0 Å². The third kappa shape index (κ3) is 2.96. The van der Waals surface area contributed by atoms with Crippen molar-refractivity contribution in [2.75, 3.05) is 27.1 Å². The molecule has 3 N–H and O–H groups in total. The van der Waals surface area contributed by atoms with Crippen LogP contribution in [0.15, 0.2) is 18.3 Å². The van der Waals surface area contributed by atoms with Crippen LogP contribution in [0.1, 0.15) is 5.56 Å². The molecule has 0 amide bonds. The van der Waals surface area contributed by atoms with Gasteiger partial charge in [-0.1, -0.05) is 11.6 Å². The monoisotopic (exact) mass is 364 g/mol. The molecule has 0 spiro atoms. The number of nitrogen functional groups attached to an aromatic ring is 1. The Morgan fingerprint density at radius 2 is 1.76 bits per heavy atom. The number of anilines is 1. The van der Waals surface area contributed by atoms with Gasteiger partial charge in [-0.3, -0.25) is 0 Å². The van der Waals surface area contributed by atoms with Gasteiger partial charge in [0.15, 0.2) is 17.1 Å². The molecule has 0 aliphatic carbocycles. The lowest BCUT2D eigenvalue weighted by atomic mass is 10.1. The number of rotatable bonds is 5. The van der Waals surface area contributed by atoms with Gasteiger partial charge < -0.3 is 29.6 Å². The molecule has 0 saturated carbocycles. The van der Waals surface area contributed by atoms with E-state index in [1.807, 2.05) is 12.1 Å². The van der Waals surface area contributed by atoms with Crippen molar-refractivity contribution in [3.63, 3.8) is 0 Å². The van der Waals surface area contributed by atoms with Crippen LogP contribution in [-0.2, 0) is 6.54 Å². The molecule has 1 aromatic carbocycles. The molecule has 9 heteroatoms. The number of methoxy groups -OCH3 is 3. The summed E-state index contributed by atoms with van der Waals surface area (Å²) >= 11 is 6.06. The molecule has 2 aromatic heterocycles. The van der Waals surface area contributed by atoms with Gasteiger partial charge in [0.25, 0.3) is 0 Å². The molecule has 0 radical (unpaired) electrons. The summed E-state index contributed by atoms with van der Waals surface area (Å²) < 4.78 is 17.8. The molecular weight excluding hydrogens is 348 g/mol. The molecule has 132 valence electrons. The van der Waals surface area contributed by atoms with Gasteiger partial charge in [0.2, 0.25) is 11.7 Å². The van der Waals surface area contributed by atoms with Crippen LogP contribution in [0, 0.1) is 0 Å². The van der Waals surface area contributed by atoms with Crippen LogP contribution in [-0.4, -0.2) is 41.0 Å². The van der Waals surface area contributed by atoms with Crippen molar-refractivity contribution in [1.82, 2.24) is 14.5 Å². The number of nitrogens with zero attached hydrogens (tertiary/aromatic N) is 3. The third-order valence-corrected chi connectivity index (χ3v) is 4.02. The highest BCUT2D eigenvalue weighted by atomic mass is 35.5. The predicted octanol–water partition coefficient (Wildman–Crippen LogP) is 2.45. The average Bonchev–Trinajstić information content (AvgIpc) is 2.89. The van der Waals surface area contributed by atoms with E-state index in [0.717, 1.165) is 5.56 Å². The Labute approximate surface area is 148 Å². The lowest BCUT2D eigenvalue weighted by molar-refractivity contribution is 0.323. The van der Waals surface area contributed by atoms with Crippen LogP contribution in [0.25, 0.3) is 11.0 Å². The summed E-state index contributed by atoms with van der Waals surface area (Å²) in [5, 5.41) is 10.6. The number of ether oxygens (including phenoxy) is 3. The maximum absolute atomic E-state index is 10.1. The second-order valence-corrected chi connectivity index (χ2v) is 5.61. The number of aromatic hydroxyl groups is 1. The first-order valence-corrected chi connectivity index (χ1v) is 7.66. The SMILES string of the molecule is COc1cc(Cn2cc(O)c3c(Cl)nc(N)nc32)cc(OC)c1OC. The lowest BCUT2D eigenvalue weighted by Gasteiger charge is -2.14. The Hall–Kier alpha value is -2.87. The first-order chi connectivity index (χ1) is 12.0. The zero-order chi connectivity index (χ0) is 18.1. The van der Waals surface area contributed by atoms with E-state index in [1.54, 1.807) is 25.9 Å². The molecule has 2 heterocycles. The Kier molecular flexibility index (Phi) is 4.45. The summed E-state index contributed by atoms with van der Waals surface area (Å²) in [7, 11) is 4.64. The van der Waals surface area contributed by atoms with Gasteiger partial charge in [0.1, 0.15) is 10.9 Å². The van der Waals surface area contributed by atoms with E-state index < -0.39 is 0 Å². The Bertz CT molecular complexity index is 917. The molecule has 8 nitrogen and oxygen atoms in total. The number of aromatic nitrogens is 3. The van der Waals surface area contributed by atoms with E-state index in [9.17, 15) is 5.11 Å². The normalized spacial score (nSPS) is 10.9. The fraction of sp³-hybridized carbons (Fsp3) is 0.250. The maximum atomic E-state index is 10.1.